The van der Waals surface area contributed by atoms with Gasteiger partial charge in [-0.25, -0.2) is 0 Å². The SMILES string of the molecule is CCCC1CCC(Cc2ccc(C=O)cc2)CC1. The molecular weight excluding hydrogens is 220 g/mol. The highest BCUT2D eigenvalue weighted by molar-refractivity contribution is 5.74. The van der Waals surface area contributed by atoms with Crippen molar-refractivity contribution in [1.82, 2.24) is 0 Å². The molecule has 0 amide bonds. The summed E-state index contributed by atoms with van der Waals surface area (Å²) in [6.07, 6.45) is 10.5. The quantitative estimate of drug-likeness (QED) is 0.689. The highest BCUT2D eigenvalue weighted by Crippen LogP contribution is 2.33. The van der Waals surface area contributed by atoms with Crippen LogP contribution in [0.15, 0.2) is 24.3 Å². The lowest BCUT2D eigenvalue weighted by atomic mass is 9.78. The van der Waals surface area contributed by atoms with E-state index in [1.807, 2.05) is 12.1 Å². The topological polar surface area (TPSA) is 17.1 Å². The molecule has 18 heavy (non-hydrogen) atoms. The van der Waals surface area contributed by atoms with Gasteiger partial charge in [-0.3, -0.25) is 4.79 Å². The van der Waals surface area contributed by atoms with Crippen LogP contribution >= 0.6 is 0 Å². The lowest BCUT2D eigenvalue weighted by Gasteiger charge is -2.28. The van der Waals surface area contributed by atoms with Gasteiger partial charge in [0.2, 0.25) is 0 Å². The Balaban J connectivity index is 1.81. The normalized spacial score (nSPS) is 23.8. The summed E-state index contributed by atoms with van der Waals surface area (Å²) in [6, 6.07) is 8.10. The minimum absolute atomic E-state index is 0.783. The van der Waals surface area contributed by atoms with Crippen molar-refractivity contribution >= 4 is 6.29 Å². The van der Waals surface area contributed by atoms with E-state index >= 15 is 0 Å². The van der Waals surface area contributed by atoms with Gasteiger partial charge < -0.3 is 0 Å². The standard InChI is InChI=1S/C17H24O/c1-2-3-14-4-6-15(7-5-14)12-16-8-10-17(13-18)11-9-16/h8-11,13-15H,2-7,12H2,1H3. The molecule has 1 aliphatic rings. The van der Waals surface area contributed by atoms with Gasteiger partial charge in [0.05, 0.1) is 0 Å². The molecule has 0 heterocycles. The Kier molecular flexibility index (Phi) is 4.98. The first-order valence-corrected chi connectivity index (χ1v) is 7.36. The Bertz CT molecular complexity index is 358. The van der Waals surface area contributed by atoms with Crippen molar-refractivity contribution in [1.29, 1.82) is 0 Å². The summed E-state index contributed by atoms with van der Waals surface area (Å²) in [6.45, 7) is 2.29. The molecule has 0 N–H and O–H groups in total. The summed E-state index contributed by atoms with van der Waals surface area (Å²) < 4.78 is 0. The molecule has 0 aliphatic heterocycles. The van der Waals surface area contributed by atoms with E-state index in [0.717, 1.165) is 23.7 Å². The zero-order valence-corrected chi connectivity index (χ0v) is 11.4. The second-order valence-electron chi connectivity index (χ2n) is 5.74. The lowest BCUT2D eigenvalue weighted by molar-refractivity contribution is 0.112. The van der Waals surface area contributed by atoms with Crippen molar-refractivity contribution in [2.75, 3.05) is 0 Å². The maximum Gasteiger partial charge on any atom is 0.150 e. The molecule has 0 unspecified atom stereocenters. The average Bonchev–Trinajstić information content (AvgIpc) is 2.42. The van der Waals surface area contributed by atoms with Gasteiger partial charge in [-0.15, -0.1) is 0 Å². The van der Waals surface area contributed by atoms with Crippen LogP contribution in [-0.4, -0.2) is 6.29 Å². The molecule has 1 nitrogen and oxygen atoms in total. The molecule has 98 valence electrons. The Labute approximate surface area is 111 Å². The molecule has 1 aliphatic carbocycles. The molecule has 1 aromatic rings. The first-order chi connectivity index (χ1) is 8.81. The fraction of sp³-hybridized carbons (Fsp3) is 0.588. The summed E-state index contributed by atoms with van der Waals surface area (Å²) in [5, 5.41) is 0. The Morgan fingerprint density at radius 2 is 1.67 bits per heavy atom. The molecular formula is C17H24O. The van der Waals surface area contributed by atoms with Crippen molar-refractivity contribution in [2.24, 2.45) is 11.8 Å². The minimum Gasteiger partial charge on any atom is -0.298 e. The van der Waals surface area contributed by atoms with Crippen molar-refractivity contribution in [3.63, 3.8) is 0 Å². The largest absolute Gasteiger partial charge is 0.298 e. The van der Waals surface area contributed by atoms with Crippen LogP contribution in [0.3, 0.4) is 0 Å². The monoisotopic (exact) mass is 244 g/mol. The number of carbonyl (C=O) groups excluding carboxylic acids is 1. The maximum absolute atomic E-state index is 10.6. The van der Waals surface area contributed by atoms with Crippen molar-refractivity contribution in [3.8, 4) is 0 Å². The van der Waals surface area contributed by atoms with E-state index < -0.39 is 0 Å². The third-order valence-corrected chi connectivity index (χ3v) is 4.30. The second-order valence-corrected chi connectivity index (χ2v) is 5.74. The second kappa shape index (κ2) is 6.72. The first-order valence-electron chi connectivity index (χ1n) is 7.36. The number of benzene rings is 1. The molecule has 0 spiro atoms. The number of aldehydes is 1. The van der Waals surface area contributed by atoms with Crippen molar-refractivity contribution < 1.29 is 4.79 Å². The maximum atomic E-state index is 10.6. The van der Waals surface area contributed by atoms with Gasteiger partial charge in [-0.2, -0.15) is 0 Å². The van der Waals surface area contributed by atoms with Crippen LogP contribution < -0.4 is 0 Å². The van der Waals surface area contributed by atoms with Gasteiger partial charge in [0.25, 0.3) is 0 Å². The van der Waals surface area contributed by atoms with Crippen molar-refractivity contribution in [2.45, 2.75) is 51.9 Å². The fourth-order valence-electron chi connectivity index (χ4n) is 3.20. The first kappa shape index (κ1) is 13.3. The Morgan fingerprint density at radius 1 is 1.06 bits per heavy atom. The van der Waals surface area contributed by atoms with Crippen LogP contribution in [0.5, 0.6) is 0 Å². The van der Waals surface area contributed by atoms with E-state index in [2.05, 4.69) is 19.1 Å². The van der Waals surface area contributed by atoms with Crippen LogP contribution in [0.25, 0.3) is 0 Å². The molecule has 2 rings (SSSR count). The van der Waals surface area contributed by atoms with Crippen molar-refractivity contribution in [3.05, 3.63) is 35.4 Å². The number of hydrogen-bond acceptors (Lipinski definition) is 1. The smallest absolute Gasteiger partial charge is 0.150 e. The van der Waals surface area contributed by atoms with E-state index in [0.29, 0.717) is 0 Å². The lowest BCUT2D eigenvalue weighted by Crippen LogP contribution is -2.16. The predicted molar refractivity (Wildman–Crippen MR) is 75.9 cm³/mol. The number of carbonyl (C=O) groups is 1. The fourth-order valence-corrected chi connectivity index (χ4v) is 3.20. The number of rotatable bonds is 5. The minimum atomic E-state index is 0.783. The third kappa shape index (κ3) is 3.69. The number of hydrogen-bond donors (Lipinski definition) is 0. The van der Waals surface area contributed by atoms with E-state index in [9.17, 15) is 4.79 Å². The van der Waals surface area contributed by atoms with Gasteiger partial charge in [0.1, 0.15) is 6.29 Å². The predicted octanol–water partition coefficient (Wildman–Crippen LogP) is 4.65. The molecule has 0 saturated heterocycles. The molecule has 0 atom stereocenters. The van der Waals surface area contributed by atoms with Gasteiger partial charge in [-0.05, 0) is 36.7 Å². The Hall–Kier alpha value is -1.11. The van der Waals surface area contributed by atoms with Gasteiger partial charge >= 0.3 is 0 Å². The van der Waals surface area contributed by atoms with Crippen LogP contribution in [0.2, 0.25) is 0 Å². The zero-order chi connectivity index (χ0) is 12.8. The molecule has 0 radical (unpaired) electrons. The van der Waals surface area contributed by atoms with Crippen LogP contribution in [-0.2, 0) is 6.42 Å². The van der Waals surface area contributed by atoms with Crippen LogP contribution in [0.4, 0.5) is 0 Å². The van der Waals surface area contributed by atoms with Crippen LogP contribution in [0.1, 0.15) is 61.4 Å². The highest BCUT2D eigenvalue weighted by atomic mass is 16.1. The summed E-state index contributed by atoms with van der Waals surface area (Å²) in [5.41, 5.74) is 2.17. The zero-order valence-electron chi connectivity index (χ0n) is 11.4. The molecule has 1 aromatic carbocycles. The van der Waals surface area contributed by atoms with Gasteiger partial charge in [0, 0.05) is 5.56 Å². The molecule has 1 saturated carbocycles. The van der Waals surface area contributed by atoms with E-state index in [-0.39, 0.29) is 0 Å². The summed E-state index contributed by atoms with van der Waals surface area (Å²) in [7, 11) is 0. The van der Waals surface area contributed by atoms with E-state index in [1.54, 1.807) is 0 Å². The summed E-state index contributed by atoms with van der Waals surface area (Å²) in [5.74, 6) is 1.85. The van der Waals surface area contributed by atoms with Gasteiger partial charge in [-0.1, -0.05) is 56.9 Å². The summed E-state index contributed by atoms with van der Waals surface area (Å²) in [4.78, 5) is 10.6. The molecule has 0 aromatic heterocycles. The average molecular weight is 244 g/mol. The van der Waals surface area contributed by atoms with E-state index in [1.165, 1.54) is 50.5 Å². The summed E-state index contributed by atoms with van der Waals surface area (Å²) >= 11 is 0. The third-order valence-electron chi connectivity index (χ3n) is 4.30. The van der Waals surface area contributed by atoms with Gasteiger partial charge in [0.15, 0.2) is 0 Å². The molecule has 0 bridgehead atoms. The van der Waals surface area contributed by atoms with Crippen LogP contribution in [0, 0.1) is 11.8 Å². The van der Waals surface area contributed by atoms with E-state index in [4.69, 9.17) is 0 Å². The Morgan fingerprint density at radius 3 is 2.22 bits per heavy atom. The highest BCUT2D eigenvalue weighted by Gasteiger charge is 2.20. The molecule has 1 fully saturated rings. The molecule has 1 heteroatoms.